The molecule has 1 aliphatic rings. The zero-order valence-corrected chi connectivity index (χ0v) is 15.8. The lowest BCUT2D eigenvalue weighted by Gasteiger charge is -2.16. The van der Waals surface area contributed by atoms with E-state index in [-0.39, 0.29) is 11.5 Å². The van der Waals surface area contributed by atoms with Gasteiger partial charge in [0.25, 0.3) is 0 Å². The number of nitrogens with one attached hydrogen (secondary N) is 1. The Morgan fingerprint density at radius 3 is 2.64 bits per heavy atom. The average Bonchev–Trinajstić information content (AvgIpc) is 2.71. The van der Waals surface area contributed by atoms with Crippen LogP contribution in [0.4, 0.5) is 0 Å². The molecule has 0 saturated carbocycles. The number of halogens is 1. The Morgan fingerprint density at radius 2 is 1.82 bits per heavy atom. The summed E-state index contributed by atoms with van der Waals surface area (Å²) in [6, 6.07) is 18.9. The third kappa shape index (κ3) is 3.73. The number of hydrogen-bond donors (Lipinski definition) is 3. The molecule has 1 heterocycles. The highest BCUT2D eigenvalue weighted by molar-refractivity contribution is 6.33. The fourth-order valence-corrected chi connectivity index (χ4v) is 3.48. The number of nitrogens with zero attached hydrogens (tertiary/aromatic N) is 1. The number of hydrogen-bond acceptors (Lipinski definition) is 4. The van der Waals surface area contributed by atoms with Gasteiger partial charge in [0.2, 0.25) is 0 Å². The normalized spacial score (nSPS) is 14.1. The van der Waals surface area contributed by atoms with Crippen LogP contribution in [-0.2, 0) is 13.1 Å². The minimum atomic E-state index is -0.124. The molecule has 0 aliphatic carbocycles. The second-order valence-electron chi connectivity index (χ2n) is 6.63. The fraction of sp³-hybridized carbons (Fsp3) is 0.0870. The van der Waals surface area contributed by atoms with E-state index in [1.165, 1.54) is 6.07 Å². The minimum absolute atomic E-state index is 0.123. The maximum atomic E-state index is 9.61. The van der Waals surface area contributed by atoms with Crippen molar-refractivity contribution >= 4 is 23.4 Å². The van der Waals surface area contributed by atoms with Crippen LogP contribution >= 0.6 is 11.6 Å². The summed E-state index contributed by atoms with van der Waals surface area (Å²) >= 11 is 6.36. The van der Waals surface area contributed by atoms with Gasteiger partial charge in [-0.1, -0.05) is 48.0 Å². The largest absolute Gasteiger partial charge is 0.504 e. The molecular formula is C23H19ClN2O2. The van der Waals surface area contributed by atoms with Gasteiger partial charge < -0.3 is 15.5 Å². The number of benzene rings is 3. The number of aliphatic imine (C=N–C) groups is 1. The molecule has 28 heavy (non-hydrogen) atoms. The summed E-state index contributed by atoms with van der Waals surface area (Å²) in [5.41, 5.74) is 6.19. The molecule has 3 aromatic rings. The zero-order valence-electron chi connectivity index (χ0n) is 15.1. The van der Waals surface area contributed by atoms with Crippen molar-refractivity contribution in [3.63, 3.8) is 0 Å². The topological polar surface area (TPSA) is 64.8 Å². The lowest BCUT2D eigenvalue weighted by atomic mass is 9.93. The number of fused-ring (bicyclic) bond motifs is 1. The van der Waals surface area contributed by atoms with Gasteiger partial charge in [0.05, 0.1) is 6.54 Å². The van der Waals surface area contributed by atoms with Gasteiger partial charge in [0.15, 0.2) is 11.5 Å². The van der Waals surface area contributed by atoms with E-state index >= 15 is 0 Å². The van der Waals surface area contributed by atoms with Crippen molar-refractivity contribution < 1.29 is 10.2 Å². The summed E-state index contributed by atoms with van der Waals surface area (Å²) in [4.78, 5) is 4.44. The van der Waals surface area contributed by atoms with Gasteiger partial charge in [0, 0.05) is 35.1 Å². The predicted octanol–water partition coefficient (Wildman–Crippen LogP) is 5.13. The number of aromatic hydroxyl groups is 2. The Labute approximate surface area is 168 Å². The molecule has 0 amide bonds. The third-order valence-corrected chi connectivity index (χ3v) is 5.03. The molecule has 1 aliphatic heterocycles. The second-order valence-corrected chi connectivity index (χ2v) is 7.03. The molecule has 4 nitrogen and oxygen atoms in total. The van der Waals surface area contributed by atoms with Crippen LogP contribution in [0.15, 0.2) is 71.9 Å². The van der Waals surface area contributed by atoms with Gasteiger partial charge >= 0.3 is 0 Å². The van der Waals surface area contributed by atoms with Crippen molar-refractivity contribution in [3.05, 3.63) is 88.6 Å². The third-order valence-electron chi connectivity index (χ3n) is 4.70. The Bertz CT molecular complexity index is 1090. The first-order valence-electron chi connectivity index (χ1n) is 8.94. The van der Waals surface area contributed by atoms with E-state index in [1.807, 2.05) is 36.7 Å². The molecule has 0 spiro atoms. The Balaban J connectivity index is 1.59. The standard InChI is InChI=1S/C23H19ClN2O2/c24-21-4-2-1-3-19(21)16-6-7-17-12-26-14-18(20(17)10-16)13-25-11-15-5-8-22(27)23(28)9-15/h1-10,13-14,25,27-28H,11-12H2. The SMILES string of the molecule is Oc1ccc(CNC=C2C=NCc3ccc(-c4ccccc4Cl)cc32)cc1O. The first-order chi connectivity index (χ1) is 13.6. The molecule has 5 heteroatoms. The first kappa shape index (κ1) is 18.1. The van der Waals surface area contributed by atoms with E-state index in [9.17, 15) is 10.2 Å². The number of rotatable bonds is 4. The average molecular weight is 391 g/mol. The summed E-state index contributed by atoms with van der Waals surface area (Å²) in [5.74, 6) is -0.247. The number of phenolic OH excluding ortho intramolecular Hbond substituents is 2. The van der Waals surface area contributed by atoms with Crippen molar-refractivity contribution in [2.75, 3.05) is 0 Å². The highest BCUT2D eigenvalue weighted by Gasteiger charge is 2.13. The molecule has 3 N–H and O–H groups in total. The predicted molar refractivity (Wildman–Crippen MR) is 114 cm³/mol. The maximum Gasteiger partial charge on any atom is 0.157 e. The first-order valence-corrected chi connectivity index (χ1v) is 9.32. The van der Waals surface area contributed by atoms with E-state index in [1.54, 1.807) is 12.1 Å². The van der Waals surface area contributed by atoms with Crippen LogP contribution in [0.5, 0.6) is 11.5 Å². The van der Waals surface area contributed by atoms with Crippen LogP contribution in [0.3, 0.4) is 0 Å². The Hall–Kier alpha value is -3.24. The summed E-state index contributed by atoms with van der Waals surface area (Å²) in [6.45, 7) is 1.17. The summed E-state index contributed by atoms with van der Waals surface area (Å²) in [7, 11) is 0. The van der Waals surface area contributed by atoms with Gasteiger partial charge in [-0.3, -0.25) is 4.99 Å². The van der Waals surface area contributed by atoms with E-state index in [0.717, 1.165) is 38.4 Å². The minimum Gasteiger partial charge on any atom is -0.504 e. The molecule has 0 atom stereocenters. The van der Waals surface area contributed by atoms with Gasteiger partial charge in [-0.15, -0.1) is 0 Å². The van der Waals surface area contributed by atoms with Crippen molar-refractivity contribution in [1.29, 1.82) is 0 Å². The summed E-state index contributed by atoms with van der Waals surface area (Å²) < 4.78 is 0. The van der Waals surface area contributed by atoms with Crippen LogP contribution in [0.1, 0.15) is 16.7 Å². The Kier molecular flexibility index (Phi) is 5.04. The van der Waals surface area contributed by atoms with E-state index in [2.05, 4.69) is 28.5 Å². The maximum absolute atomic E-state index is 9.61. The molecular weight excluding hydrogens is 372 g/mol. The molecule has 140 valence electrons. The van der Waals surface area contributed by atoms with Crippen LogP contribution < -0.4 is 5.32 Å². The van der Waals surface area contributed by atoms with E-state index < -0.39 is 0 Å². The summed E-state index contributed by atoms with van der Waals surface area (Å²) in [6.07, 6.45) is 3.78. The molecule has 0 bridgehead atoms. The monoisotopic (exact) mass is 390 g/mol. The highest BCUT2D eigenvalue weighted by Crippen LogP contribution is 2.32. The quantitative estimate of drug-likeness (QED) is 0.541. The molecule has 0 unspecified atom stereocenters. The molecule has 0 aromatic heterocycles. The highest BCUT2D eigenvalue weighted by atomic mass is 35.5. The smallest absolute Gasteiger partial charge is 0.157 e. The number of phenols is 2. The molecule has 0 saturated heterocycles. The van der Waals surface area contributed by atoms with Crippen molar-refractivity contribution in [1.82, 2.24) is 5.32 Å². The zero-order chi connectivity index (χ0) is 19.5. The lowest BCUT2D eigenvalue weighted by Crippen LogP contribution is -2.09. The van der Waals surface area contributed by atoms with Crippen LogP contribution in [0.25, 0.3) is 16.7 Å². The van der Waals surface area contributed by atoms with Gasteiger partial charge in [-0.2, -0.15) is 0 Å². The van der Waals surface area contributed by atoms with E-state index in [0.29, 0.717) is 13.1 Å². The fourth-order valence-electron chi connectivity index (χ4n) is 3.23. The van der Waals surface area contributed by atoms with E-state index in [4.69, 9.17) is 11.6 Å². The van der Waals surface area contributed by atoms with Crippen LogP contribution in [-0.4, -0.2) is 16.4 Å². The summed E-state index contributed by atoms with van der Waals surface area (Å²) in [5, 5.41) is 23.0. The second kappa shape index (κ2) is 7.79. The molecule has 4 rings (SSSR count). The number of allylic oxidation sites excluding steroid dienone is 1. The van der Waals surface area contributed by atoms with Crippen LogP contribution in [0.2, 0.25) is 5.02 Å². The van der Waals surface area contributed by atoms with Crippen molar-refractivity contribution in [2.45, 2.75) is 13.1 Å². The van der Waals surface area contributed by atoms with Crippen molar-refractivity contribution in [3.8, 4) is 22.6 Å². The molecule has 3 aromatic carbocycles. The molecule has 0 fully saturated rings. The van der Waals surface area contributed by atoms with Gasteiger partial charge in [-0.25, -0.2) is 0 Å². The lowest BCUT2D eigenvalue weighted by molar-refractivity contribution is 0.403. The van der Waals surface area contributed by atoms with Crippen molar-refractivity contribution in [2.24, 2.45) is 4.99 Å². The molecule has 0 radical (unpaired) electrons. The van der Waals surface area contributed by atoms with Gasteiger partial charge in [-0.05, 0) is 46.5 Å². The Morgan fingerprint density at radius 1 is 0.964 bits per heavy atom. The van der Waals surface area contributed by atoms with Gasteiger partial charge in [0.1, 0.15) is 0 Å². The van der Waals surface area contributed by atoms with Crippen LogP contribution in [0, 0.1) is 0 Å².